The van der Waals surface area contributed by atoms with Crippen molar-refractivity contribution in [1.29, 1.82) is 0 Å². The van der Waals surface area contributed by atoms with Crippen molar-refractivity contribution in [3.63, 3.8) is 0 Å². The SMILES string of the molecule is C=N/C(C)=C(/C=NC)NC. The molecular formula is C7H13N3. The molecule has 0 aliphatic rings. The molecule has 0 aromatic heterocycles. The zero-order chi connectivity index (χ0) is 7.98. The summed E-state index contributed by atoms with van der Waals surface area (Å²) < 4.78 is 0. The van der Waals surface area contributed by atoms with Gasteiger partial charge in [-0.25, -0.2) is 0 Å². The molecule has 0 aromatic carbocycles. The van der Waals surface area contributed by atoms with Crippen LogP contribution in [0.2, 0.25) is 0 Å². The second kappa shape index (κ2) is 4.73. The van der Waals surface area contributed by atoms with Crippen molar-refractivity contribution in [2.45, 2.75) is 6.92 Å². The number of hydrogen-bond donors (Lipinski definition) is 1. The molecule has 0 aromatic rings. The lowest BCUT2D eigenvalue weighted by Crippen LogP contribution is -2.08. The zero-order valence-corrected chi connectivity index (χ0v) is 6.68. The molecule has 0 heterocycles. The molecule has 3 nitrogen and oxygen atoms in total. The smallest absolute Gasteiger partial charge is 0.0734 e. The normalized spacial score (nSPS) is 13.1. The lowest BCUT2D eigenvalue weighted by molar-refractivity contribution is 1.02. The van der Waals surface area contributed by atoms with E-state index in [9.17, 15) is 0 Å². The van der Waals surface area contributed by atoms with Crippen molar-refractivity contribution < 1.29 is 0 Å². The van der Waals surface area contributed by atoms with Crippen molar-refractivity contribution in [3.8, 4) is 0 Å². The van der Waals surface area contributed by atoms with Crippen molar-refractivity contribution in [3.05, 3.63) is 11.4 Å². The maximum Gasteiger partial charge on any atom is 0.0734 e. The second-order valence-corrected chi connectivity index (χ2v) is 1.79. The van der Waals surface area contributed by atoms with Crippen LogP contribution in [0.25, 0.3) is 0 Å². The molecule has 0 atom stereocenters. The Balaban J connectivity index is 4.44. The van der Waals surface area contributed by atoms with Gasteiger partial charge in [-0.05, 0) is 13.6 Å². The molecule has 0 rings (SSSR count). The van der Waals surface area contributed by atoms with Gasteiger partial charge >= 0.3 is 0 Å². The third-order valence-electron chi connectivity index (χ3n) is 1.15. The number of nitrogens with zero attached hydrogens (tertiary/aromatic N) is 2. The van der Waals surface area contributed by atoms with Crippen molar-refractivity contribution in [2.75, 3.05) is 14.1 Å². The van der Waals surface area contributed by atoms with Gasteiger partial charge in [-0.15, -0.1) is 0 Å². The average Bonchev–Trinajstić information content (AvgIpc) is 1.99. The van der Waals surface area contributed by atoms with Crippen LogP contribution in [0.5, 0.6) is 0 Å². The minimum absolute atomic E-state index is 0.855. The van der Waals surface area contributed by atoms with Crippen LogP contribution in [0.15, 0.2) is 21.4 Å². The lowest BCUT2D eigenvalue weighted by Gasteiger charge is -2.00. The number of rotatable bonds is 3. The van der Waals surface area contributed by atoms with E-state index >= 15 is 0 Å². The summed E-state index contributed by atoms with van der Waals surface area (Å²) >= 11 is 0. The molecule has 1 N–H and O–H groups in total. The highest BCUT2D eigenvalue weighted by atomic mass is 14.9. The number of hydrogen-bond acceptors (Lipinski definition) is 3. The van der Waals surface area contributed by atoms with Gasteiger partial charge in [0.15, 0.2) is 0 Å². The first-order chi connectivity index (χ1) is 4.76. The molecule has 0 amide bonds. The summed E-state index contributed by atoms with van der Waals surface area (Å²) in [6, 6.07) is 0. The van der Waals surface area contributed by atoms with Gasteiger partial charge in [-0.3, -0.25) is 9.98 Å². The topological polar surface area (TPSA) is 36.8 Å². The summed E-state index contributed by atoms with van der Waals surface area (Å²) in [5.74, 6) is 0. The van der Waals surface area contributed by atoms with E-state index in [4.69, 9.17) is 0 Å². The van der Waals surface area contributed by atoms with Crippen molar-refractivity contribution in [2.24, 2.45) is 9.98 Å². The summed E-state index contributed by atoms with van der Waals surface area (Å²) in [5, 5.41) is 2.95. The van der Waals surface area contributed by atoms with Crippen LogP contribution in [-0.2, 0) is 0 Å². The van der Waals surface area contributed by atoms with Crippen LogP contribution in [0.4, 0.5) is 0 Å². The predicted molar refractivity (Wildman–Crippen MR) is 45.7 cm³/mol. The molecule has 0 fully saturated rings. The maximum absolute atomic E-state index is 3.84. The first-order valence-electron chi connectivity index (χ1n) is 3.03. The van der Waals surface area contributed by atoms with Crippen LogP contribution in [0.3, 0.4) is 0 Å². The second-order valence-electron chi connectivity index (χ2n) is 1.79. The summed E-state index contributed by atoms with van der Waals surface area (Å²) in [4.78, 5) is 7.60. The fraction of sp³-hybridized carbons (Fsp3) is 0.429. The van der Waals surface area contributed by atoms with Gasteiger partial charge in [0, 0.05) is 20.3 Å². The van der Waals surface area contributed by atoms with Gasteiger partial charge < -0.3 is 5.32 Å². The van der Waals surface area contributed by atoms with Gasteiger partial charge in [0.05, 0.1) is 11.4 Å². The van der Waals surface area contributed by atoms with E-state index in [1.165, 1.54) is 0 Å². The molecule has 0 unspecified atom stereocenters. The van der Waals surface area contributed by atoms with Crippen LogP contribution in [-0.4, -0.2) is 27.0 Å². The van der Waals surface area contributed by atoms with Gasteiger partial charge in [-0.2, -0.15) is 0 Å². The van der Waals surface area contributed by atoms with E-state index in [0.717, 1.165) is 11.4 Å². The zero-order valence-electron chi connectivity index (χ0n) is 6.68. The molecule has 0 bridgehead atoms. The summed E-state index contributed by atoms with van der Waals surface area (Å²) in [7, 11) is 3.54. The number of nitrogens with one attached hydrogen (secondary N) is 1. The minimum atomic E-state index is 0.855. The highest BCUT2D eigenvalue weighted by Gasteiger charge is 1.91. The molecule has 0 aliphatic carbocycles. The fourth-order valence-electron chi connectivity index (χ4n) is 0.553. The Hall–Kier alpha value is -1.12. The molecule has 0 saturated carbocycles. The monoisotopic (exact) mass is 139 g/mol. The Morgan fingerprint density at radius 2 is 2.20 bits per heavy atom. The van der Waals surface area contributed by atoms with Gasteiger partial charge in [-0.1, -0.05) is 0 Å². The first-order valence-corrected chi connectivity index (χ1v) is 3.03. The number of allylic oxidation sites excluding steroid dienone is 2. The van der Waals surface area contributed by atoms with Crippen LogP contribution < -0.4 is 5.32 Å². The Bertz CT molecular complexity index is 168. The highest BCUT2D eigenvalue weighted by Crippen LogP contribution is 1.97. The van der Waals surface area contributed by atoms with E-state index in [2.05, 4.69) is 22.0 Å². The Morgan fingerprint density at radius 3 is 2.50 bits per heavy atom. The van der Waals surface area contributed by atoms with Crippen molar-refractivity contribution >= 4 is 12.9 Å². The van der Waals surface area contributed by atoms with Gasteiger partial charge in [0.2, 0.25) is 0 Å². The summed E-state index contributed by atoms with van der Waals surface area (Å²) in [6.07, 6.45) is 1.71. The average molecular weight is 139 g/mol. The molecule has 0 spiro atoms. The van der Waals surface area contributed by atoms with Crippen LogP contribution in [0, 0.1) is 0 Å². The Morgan fingerprint density at radius 1 is 1.60 bits per heavy atom. The quantitative estimate of drug-likeness (QED) is 0.578. The highest BCUT2D eigenvalue weighted by molar-refractivity contribution is 5.78. The third kappa shape index (κ3) is 2.44. The molecule has 3 heteroatoms. The molecular weight excluding hydrogens is 126 g/mol. The first kappa shape index (κ1) is 8.88. The lowest BCUT2D eigenvalue weighted by atomic mass is 10.4. The molecule has 56 valence electrons. The molecule has 0 radical (unpaired) electrons. The Labute approximate surface area is 61.6 Å². The standard InChI is InChI=1S/C7H13N3/c1-6(9-3)7(10-4)5-8-2/h5,10H,3H2,1-2,4H3/b7-6-,8-5?. The van der Waals surface area contributed by atoms with E-state index < -0.39 is 0 Å². The summed E-state index contributed by atoms with van der Waals surface area (Å²) in [6.45, 7) is 5.28. The van der Waals surface area contributed by atoms with E-state index in [-0.39, 0.29) is 0 Å². The van der Waals surface area contributed by atoms with Gasteiger partial charge in [0.1, 0.15) is 0 Å². The van der Waals surface area contributed by atoms with E-state index in [0.29, 0.717) is 0 Å². The molecule has 0 aliphatic heterocycles. The largest absolute Gasteiger partial charge is 0.385 e. The molecule has 0 saturated heterocycles. The van der Waals surface area contributed by atoms with E-state index in [1.54, 1.807) is 13.3 Å². The Kier molecular flexibility index (Phi) is 4.20. The maximum atomic E-state index is 3.84. The number of aliphatic imine (C=N–C) groups is 2. The fourth-order valence-corrected chi connectivity index (χ4v) is 0.553. The predicted octanol–water partition coefficient (Wildman–Crippen LogP) is 0.839. The van der Waals surface area contributed by atoms with Crippen LogP contribution >= 0.6 is 0 Å². The molecule has 10 heavy (non-hydrogen) atoms. The third-order valence-corrected chi connectivity index (χ3v) is 1.15. The minimum Gasteiger partial charge on any atom is -0.385 e. The summed E-state index contributed by atoms with van der Waals surface area (Å²) in [5.41, 5.74) is 1.76. The van der Waals surface area contributed by atoms with E-state index in [1.807, 2.05) is 14.0 Å². The van der Waals surface area contributed by atoms with Gasteiger partial charge in [0.25, 0.3) is 0 Å². The van der Waals surface area contributed by atoms with Crippen molar-refractivity contribution in [1.82, 2.24) is 5.32 Å². The van der Waals surface area contributed by atoms with Crippen LogP contribution in [0.1, 0.15) is 6.92 Å².